The number of primary amides is 1. The lowest BCUT2D eigenvalue weighted by molar-refractivity contribution is -0.125. The number of amides is 1. The second-order valence-electron chi connectivity index (χ2n) is 3.42. The largest absolute Gasteiger partial charge is 0.478 e. The Labute approximate surface area is 100 Å². The SMILES string of the molecule is NC(=O)C(O)CNc1c(F)cc(C(=O)O)cc1F. The summed E-state index contributed by atoms with van der Waals surface area (Å²) >= 11 is 0. The summed E-state index contributed by atoms with van der Waals surface area (Å²) in [6, 6.07) is 1.23. The van der Waals surface area contributed by atoms with E-state index in [-0.39, 0.29) is 0 Å². The van der Waals surface area contributed by atoms with Crippen LogP contribution in [-0.2, 0) is 4.79 Å². The van der Waals surface area contributed by atoms with Crippen LogP contribution < -0.4 is 11.1 Å². The summed E-state index contributed by atoms with van der Waals surface area (Å²) in [5.41, 5.74) is 3.56. The normalized spacial score (nSPS) is 11.9. The first-order valence-corrected chi connectivity index (χ1v) is 4.76. The lowest BCUT2D eigenvalue weighted by Gasteiger charge is -2.11. The van der Waals surface area contributed by atoms with E-state index in [0.29, 0.717) is 12.1 Å². The predicted molar refractivity (Wildman–Crippen MR) is 57.0 cm³/mol. The number of hydrogen-bond acceptors (Lipinski definition) is 4. The summed E-state index contributed by atoms with van der Waals surface area (Å²) < 4.78 is 26.7. The molecule has 0 aromatic heterocycles. The summed E-state index contributed by atoms with van der Waals surface area (Å²) in [7, 11) is 0. The molecule has 0 spiro atoms. The van der Waals surface area contributed by atoms with Crippen molar-refractivity contribution in [2.45, 2.75) is 6.10 Å². The summed E-state index contributed by atoms with van der Waals surface area (Å²) in [5.74, 6) is -4.82. The van der Waals surface area contributed by atoms with Crippen LogP contribution in [0, 0.1) is 11.6 Å². The van der Waals surface area contributed by atoms with Crippen molar-refractivity contribution >= 4 is 17.6 Å². The van der Waals surface area contributed by atoms with Crippen molar-refractivity contribution < 1.29 is 28.6 Å². The number of rotatable bonds is 5. The van der Waals surface area contributed by atoms with Crippen molar-refractivity contribution in [1.82, 2.24) is 0 Å². The van der Waals surface area contributed by atoms with Crippen molar-refractivity contribution in [2.75, 3.05) is 11.9 Å². The number of hydrogen-bond donors (Lipinski definition) is 4. The number of aromatic carboxylic acids is 1. The molecule has 1 aromatic carbocycles. The first kappa shape index (κ1) is 13.8. The van der Waals surface area contributed by atoms with Gasteiger partial charge in [0.1, 0.15) is 23.4 Å². The number of carbonyl (C=O) groups is 2. The van der Waals surface area contributed by atoms with Gasteiger partial charge in [-0.2, -0.15) is 0 Å². The highest BCUT2D eigenvalue weighted by Crippen LogP contribution is 2.20. The van der Waals surface area contributed by atoms with Crippen LogP contribution >= 0.6 is 0 Å². The van der Waals surface area contributed by atoms with Gasteiger partial charge in [0.25, 0.3) is 0 Å². The monoisotopic (exact) mass is 260 g/mol. The van der Waals surface area contributed by atoms with E-state index >= 15 is 0 Å². The number of benzene rings is 1. The van der Waals surface area contributed by atoms with Crippen LogP contribution in [0.15, 0.2) is 12.1 Å². The first-order chi connectivity index (χ1) is 8.32. The van der Waals surface area contributed by atoms with Gasteiger partial charge in [-0.3, -0.25) is 4.79 Å². The van der Waals surface area contributed by atoms with Gasteiger partial charge in [0, 0.05) is 0 Å². The number of nitrogens with one attached hydrogen (secondary N) is 1. The topological polar surface area (TPSA) is 113 Å². The number of aliphatic hydroxyl groups is 1. The van der Waals surface area contributed by atoms with Crippen molar-refractivity contribution in [1.29, 1.82) is 0 Å². The number of carbonyl (C=O) groups excluding carboxylic acids is 1. The molecule has 1 rings (SSSR count). The minimum atomic E-state index is -1.61. The number of halogens is 2. The number of nitrogens with two attached hydrogens (primary N) is 1. The van der Waals surface area contributed by atoms with Crippen LogP contribution in [0.3, 0.4) is 0 Å². The third-order valence-electron chi connectivity index (χ3n) is 2.09. The molecule has 98 valence electrons. The summed E-state index contributed by atoms with van der Waals surface area (Å²) in [6.45, 7) is -0.490. The Balaban J connectivity index is 2.90. The van der Waals surface area contributed by atoms with E-state index in [0.717, 1.165) is 0 Å². The minimum absolute atomic E-state index is 0.490. The lowest BCUT2D eigenvalue weighted by atomic mass is 10.2. The molecular weight excluding hydrogens is 250 g/mol. The van der Waals surface area contributed by atoms with E-state index in [1.165, 1.54) is 0 Å². The highest BCUT2D eigenvalue weighted by atomic mass is 19.1. The second kappa shape index (κ2) is 5.41. The minimum Gasteiger partial charge on any atom is -0.478 e. The Bertz CT molecular complexity index is 470. The molecule has 1 unspecified atom stereocenters. The fraction of sp³-hybridized carbons (Fsp3) is 0.200. The molecule has 0 fully saturated rings. The van der Waals surface area contributed by atoms with Gasteiger partial charge in [-0.05, 0) is 12.1 Å². The Morgan fingerprint density at radius 1 is 1.33 bits per heavy atom. The van der Waals surface area contributed by atoms with E-state index in [2.05, 4.69) is 5.32 Å². The molecule has 1 aromatic rings. The van der Waals surface area contributed by atoms with Gasteiger partial charge in [0.2, 0.25) is 5.91 Å². The van der Waals surface area contributed by atoms with Gasteiger partial charge in [-0.15, -0.1) is 0 Å². The predicted octanol–water partition coefficient (Wildman–Crippen LogP) is -0.0789. The molecule has 0 bridgehead atoms. The number of aliphatic hydroxyl groups excluding tert-OH is 1. The molecule has 0 radical (unpaired) electrons. The molecular formula is C10H10F2N2O4. The second-order valence-corrected chi connectivity index (χ2v) is 3.42. The maximum Gasteiger partial charge on any atom is 0.335 e. The number of anilines is 1. The van der Waals surface area contributed by atoms with Crippen LogP contribution in [0.25, 0.3) is 0 Å². The molecule has 0 aliphatic rings. The number of carboxylic acid groups (broad SMARTS) is 1. The molecule has 5 N–H and O–H groups in total. The lowest BCUT2D eigenvalue weighted by Crippen LogP contribution is -2.34. The summed E-state index contributed by atoms with van der Waals surface area (Å²) in [6.07, 6.45) is -1.61. The van der Waals surface area contributed by atoms with Crippen LogP contribution in [-0.4, -0.2) is 34.7 Å². The molecule has 0 aliphatic carbocycles. The molecule has 0 heterocycles. The Kier molecular flexibility index (Phi) is 4.16. The van der Waals surface area contributed by atoms with Crippen molar-refractivity contribution in [3.8, 4) is 0 Å². The maximum absolute atomic E-state index is 13.4. The average Bonchev–Trinajstić information content (AvgIpc) is 2.26. The van der Waals surface area contributed by atoms with Crippen molar-refractivity contribution in [2.24, 2.45) is 5.73 Å². The first-order valence-electron chi connectivity index (χ1n) is 4.76. The Morgan fingerprint density at radius 2 is 1.83 bits per heavy atom. The van der Waals surface area contributed by atoms with E-state index in [9.17, 15) is 18.4 Å². The van der Waals surface area contributed by atoms with Gasteiger partial charge in [-0.1, -0.05) is 0 Å². The highest BCUT2D eigenvalue weighted by molar-refractivity contribution is 5.88. The molecule has 0 saturated heterocycles. The van der Waals surface area contributed by atoms with Gasteiger partial charge in [-0.25, -0.2) is 13.6 Å². The summed E-state index contributed by atoms with van der Waals surface area (Å²) in [5, 5.41) is 19.7. The summed E-state index contributed by atoms with van der Waals surface area (Å²) in [4.78, 5) is 21.0. The van der Waals surface area contributed by atoms with E-state index < -0.39 is 47.4 Å². The van der Waals surface area contributed by atoms with Gasteiger partial charge < -0.3 is 21.3 Å². The molecule has 0 saturated carbocycles. The molecule has 1 amide bonds. The molecule has 6 nitrogen and oxygen atoms in total. The molecule has 8 heteroatoms. The average molecular weight is 260 g/mol. The van der Waals surface area contributed by atoms with E-state index in [1.54, 1.807) is 0 Å². The Hall–Kier alpha value is -2.22. The fourth-order valence-electron chi connectivity index (χ4n) is 1.16. The van der Waals surface area contributed by atoms with Gasteiger partial charge in [0.15, 0.2) is 0 Å². The standard InChI is InChI=1S/C10H10F2N2O4/c11-5-1-4(10(17)18)2-6(12)8(5)14-3-7(15)9(13)16/h1-2,7,14-15H,3H2,(H2,13,16)(H,17,18). The zero-order valence-electron chi connectivity index (χ0n) is 8.98. The number of carboxylic acids is 1. The molecule has 0 aliphatic heterocycles. The maximum atomic E-state index is 13.4. The van der Waals surface area contributed by atoms with Gasteiger partial charge >= 0.3 is 5.97 Å². The van der Waals surface area contributed by atoms with E-state index in [1.807, 2.05) is 0 Å². The van der Waals surface area contributed by atoms with E-state index in [4.69, 9.17) is 15.9 Å². The van der Waals surface area contributed by atoms with Crippen LogP contribution in [0.2, 0.25) is 0 Å². The smallest absolute Gasteiger partial charge is 0.335 e. The fourth-order valence-corrected chi connectivity index (χ4v) is 1.16. The van der Waals surface area contributed by atoms with Crippen molar-refractivity contribution in [3.63, 3.8) is 0 Å². The quantitative estimate of drug-likeness (QED) is 0.591. The molecule has 18 heavy (non-hydrogen) atoms. The van der Waals surface area contributed by atoms with Crippen molar-refractivity contribution in [3.05, 3.63) is 29.3 Å². The zero-order chi connectivity index (χ0) is 13.9. The third-order valence-corrected chi connectivity index (χ3v) is 2.09. The Morgan fingerprint density at radius 3 is 2.22 bits per heavy atom. The third kappa shape index (κ3) is 3.14. The van der Waals surface area contributed by atoms with Crippen LogP contribution in [0.1, 0.15) is 10.4 Å². The van der Waals surface area contributed by atoms with Crippen LogP contribution in [0.5, 0.6) is 0 Å². The van der Waals surface area contributed by atoms with Gasteiger partial charge in [0.05, 0.1) is 12.1 Å². The molecule has 1 atom stereocenters. The zero-order valence-corrected chi connectivity index (χ0v) is 8.98. The van der Waals surface area contributed by atoms with Crippen LogP contribution in [0.4, 0.5) is 14.5 Å². The highest BCUT2D eigenvalue weighted by Gasteiger charge is 2.17.